The monoisotopic (exact) mass is 273 g/mol. The van der Waals surface area contributed by atoms with E-state index in [1.54, 1.807) is 0 Å². The third-order valence-electron chi connectivity index (χ3n) is 3.81. The Morgan fingerprint density at radius 3 is 3.15 bits per heavy atom. The Kier molecular flexibility index (Phi) is 4.03. The molecule has 1 aliphatic rings. The number of pyridine rings is 1. The van der Waals surface area contributed by atoms with Gasteiger partial charge < -0.3 is 9.72 Å². The van der Waals surface area contributed by atoms with Gasteiger partial charge in [-0.1, -0.05) is 13.8 Å². The predicted molar refractivity (Wildman–Crippen MR) is 80.6 cm³/mol. The van der Waals surface area contributed by atoms with Crippen molar-refractivity contribution in [2.24, 2.45) is 5.92 Å². The van der Waals surface area contributed by atoms with Crippen LogP contribution in [0.25, 0.3) is 11.0 Å². The number of aromatic amines is 1. The molecule has 1 aliphatic heterocycles. The van der Waals surface area contributed by atoms with Gasteiger partial charge in [0.05, 0.1) is 18.4 Å². The molecule has 3 heterocycles. The summed E-state index contributed by atoms with van der Waals surface area (Å²) < 4.78 is 5.85. The number of hydrogen-bond acceptors (Lipinski definition) is 3. The van der Waals surface area contributed by atoms with Crippen LogP contribution in [0.4, 0.5) is 0 Å². The predicted octanol–water partition coefficient (Wildman–Crippen LogP) is 2.81. The number of ether oxygens (including phenoxy) is 1. The number of morpholine rings is 1. The fourth-order valence-electron chi connectivity index (χ4n) is 2.88. The van der Waals surface area contributed by atoms with Gasteiger partial charge in [-0.2, -0.15) is 0 Å². The molecule has 1 fully saturated rings. The highest BCUT2D eigenvalue weighted by Gasteiger charge is 2.21. The van der Waals surface area contributed by atoms with Gasteiger partial charge in [-0.15, -0.1) is 0 Å². The highest BCUT2D eigenvalue weighted by molar-refractivity contribution is 5.75. The topological polar surface area (TPSA) is 41.2 Å². The lowest BCUT2D eigenvalue weighted by Gasteiger charge is -2.33. The molecule has 0 aliphatic carbocycles. The van der Waals surface area contributed by atoms with Crippen LogP contribution in [0.15, 0.2) is 24.4 Å². The van der Waals surface area contributed by atoms with Crippen LogP contribution in [0, 0.1) is 5.92 Å². The van der Waals surface area contributed by atoms with Crippen molar-refractivity contribution in [3.63, 3.8) is 0 Å². The minimum atomic E-state index is 0.373. The van der Waals surface area contributed by atoms with Crippen molar-refractivity contribution in [3.8, 4) is 0 Å². The van der Waals surface area contributed by atoms with Crippen molar-refractivity contribution in [1.29, 1.82) is 0 Å². The Balaban J connectivity index is 1.64. The van der Waals surface area contributed by atoms with E-state index in [4.69, 9.17) is 4.74 Å². The van der Waals surface area contributed by atoms with Crippen molar-refractivity contribution < 1.29 is 4.74 Å². The SMILES string of the molecule is CC(C)CC1CN(Cc2ccc3cc[nH]c3n2)CCO1. The smallest absolute Gasteiger partial charge is 0.137 e. The van der Waals surface area contributed by atoms with Crippen LogP contribution in [0.1, 0.15) is 26.0 Å². The molecular formula is C16H23N3O. The number of nitrogens with one attached hydrogen (secondary N) is 1. The second-order valence-corrected chi connectivity index (χ2v) is 6.08. The largest absolute Gasteiger partial charge is 0.376 e. The second-order valence-electron chi connectivity index (χ2n) is 6.08. The van der Waals surface area contributed by atoms with E-state index >= 15 is 0 Å². The summed E-state index contributed by atoms with van der Waals surface area (Å²) in [5.74, 6) is 0.688. The van der Waals surface area contributed by atoms with Crippen molar-refractivity contribution in [2.45, 2.75) is 32.9 Å². The van der Waals surface area contributed by atoms with E-state index in [1.807, 2.05) is 6.20 Å². The molecule has 0 saturated carbocycles. The van der Waals surface area contributed by atoms with Crippen LogP contribution in [-0.4, -0.2) is 40.7 Å². The molecule has 4 nitrogen and oxygen atoms in total. The number of nitrogens with zero attached hydrogens (tertiary/aromatic N) is 2. The molecule has 0 aromatic carbocycles. The zero-order chi connectivity index (χ0) is 13.9. The molecule has 20 heavy (non-hydrogen) atoms. The van der Waals surface area contributed by atoms with E-state index in [-0.39, 0.29) is 0 Å². The Morgan fingerprint density at radius 1 is 1.40 bits per heavy atom. The minimum absolute atomic E-state index is 0.373. The Bertz CT molecular complexity index is 564. The average molecular weight is 273 g/mol. The normalized spacial score (nSPS) is 20.9. The van der Waals surface area contributed by atoms with Gasteiger partial charge in [-0.3, -0.25) is 4.90 Å². The summed E-state index contributed by atoms with van der Waals surface area (Å²) in [6, 6.07) is 6.32. The molecule has 0 bridgehead atoms. The lowest BCUT2D eigenvalue weighted by atomic mass is 10.0. The third-order valence-corrected chi connectivity index (χ3v) is 3.81. The van der Waals surface area contributed by atoms with Gasteiger partial charge in [0.25, 0.3) is 0 Å². The second kappa shape index (κ2) is 5.94. The van der Waals surface area contributed by atoms with E-state index in [0.717, 1.165) is 44.0 Å². The third kappa shape index (κ3) is 3.19. The van der Waals surface area contributed by atoms with Gasteiger partial charge in [0, 0.05) is 31.2 Å². The summed E-state index contributed by atoms with van der Waals surface area (Å²) in [5.41, 5.74) is 2.11. The molecule has 0 amide bonds. The lowest BCUT2D eigenvalue weighted by Crippen LogP contribution is -2.42. The first-order valence-corrected chi connectivity index (χ1v) is 7.47. The van der Waals surface area contributed by atoms with Crippen LogP contribution >= 0.6 is 0 Å². The molecule has 1 saturated heterocycles. The van der Waals surface area contributed by atoms with E-state index < -0.39 is 0 Å². The van der Waals surface area contributed by atoms with E-state index in [2.05, 4.69) is 46.9 Å². The summed E-state index contributed by atoms with van der Waals surface area (Å²) in [5, 5.41) is 1.17. The van der Waals surface area contributed by atoms with Gasteiger partial charge in [-0.05, 0) is 30.5 Å². The first-order chi connectivity index (χ1) is 9.70. The molecule has 0 spiro atoms. The fourth-order valence-corrected chi connectivity index (χ4v) is 2.88. The molecule has 2 aromatic heterocycles. The summed E-state index contributed by atoms with van der Waals surface area (Å²) in [7, 11) is 0. The standard InChI is InChI=1S/C16H23N3O/c1-12(2)9-15-11-19(7-8-20-15)10-14-4-3-13-5-6-17-16(13)18-14/h3-6,12,15H,7-11H2,1-2H3,(H,17,18). The molecule has 4 heteroatoms. The maximum Gasteiger partial charge on any atom is 0.137 e. The van der Waals surface area contributed by atoms with Crippen LogP contribution in [0.3, 0.4) is 0 Å². The van der Waals surface area contributed by atoms with Gasteiger partial charge in [0.1, 0.15) is 5.65 Å². The maximum absolute atomic E-state index is 5.85. The average Bonchev–Trinajstić information content (AvgIpc) is 2.85. The van der Waals surface area contributed by atoms with Crippen LogP contribution in [-0.2, 0) is 11.3 Å². The Morgan fingerprint density at radius 2 is 2.30 bits per heavy atom. The zero-order valence-electron chi connectivity index (χ0n) is 12.3. The van der Waals surface area contributed by atoms with Crippen molar-refractivity contribution in [3.05, 3.63) is 30.1 Å². The van der Waals surface area contributed by atoms with Gasteiger partial charge in [0.15, 0.2) is 0 Å². The van der Waals surface area contributed by atoms with Crippen LogP contribution in [0.2, 0.25) is 0 Å². The lowest BCUT2D eigenvalue weighted by molar-refractivity contribution is -0.0402. The minimum Gasteiger partial charge on any atom is -0.376 e. The maximum atomic E-state index is 5.85. The number of hydrogen-bond donors (Lipinski definition) is 1. The highest BCUT2D eigenvalue weighted by atomic mass is 16.5. The Hall–Kier alpha value is -1.39. The molecule has 3 rings (SSSR count). The number of aromatic nitrogens is 2. The van der Waals surface area contributed by atoms with E-state index in [1.165, 1.54) is 5.39 Å². The van der Waals surface area contributed by atoms with Gasteiger partial charge >= 0.3 is 0 Å². The molecule has 1 N–H and O–H groups in total. The summed E-state index contributed by atoms with van der Waals surface area (Å²) in [4.78, 5) is 10.3. The summed E-state index contributed by atoms with van der Waals surface area (Å²) in [6.45, 7) is 8.27. The first-order valence-electron chi connectivity index (χ1n) is 7.47. The van der Waals surface area contributed by atoms with Crippen molar-refractivity contribution in [2.75, 3.05) is 19.7 Å². The molecule has 1 atom stereocenters. The van der Waals surface area contributed by atoms with Crippen LogP contribution in [0.5, 0.6) is 0 Å². The number of fused-ring (bicyclic) bond motifs is 1. The number of rotatable bonds is 4. The molecule has 108 valence electrons. The number of H-pyrrole nitrogens is 1. The highest BCUT2D eigenvalue weighted by Crippen LogP contribution is 2.17. The quantitative estimate of drug-likeness (QED) is 0.931. The van der Waals surface area contributed by atoms with E-state index in [9.17, 15) is 0 Å². The Labute approximate surface area is 120 Å². The molecule has 0 radical (unpaired) electrons. The molecular weight excluding hydrogens is 250 g/mol. The van der Waals surface area contributed by atoms with E-state index in [0.29, 0.717) is 12.0 Å². The van der Waals surface area contributed by atoms with Crippen molar-refractivity contribution >= 4 is 11.0 Å². The summed E-state index contributed by atoms with van der Waals surface area (Å²) in [6.07, 6.45) is 3.45. The van der Waals surface area contributed by atoms with Crippen LogP contribution < -0.4 is 0 Å². The summed E-state index contributed by atoms with van der Waals surface area (Å²) >= 11 is 0. The molecule has 2 aromatic rings. The van der Waals surface area contributed by atoms with Gasteiger partial charge in [0.2, 0.25) is 0 Å². The zero-order valence-corrected chi connectivity index (χ0v) is 12.3. The van der Waals surface area contributed by atoms with Crippen molar-refractivity contribution in [1.82, 2.24) is 14.9 Å². The first kappa shape index (κ1) is 13.6. The fraction of sp³-hybridized carbons (Fsp3) is 0.562. The van der Waals surface area contributed by atoms with Gasteiger partial charge in [-0.25, -0.2) is 4.98 Å². The molecule has 1 unspecified atom stereocenters.